The Labute approximate surface area is 182 Å². The number of methoxy groups -OCH3 is 1. The number of amides is 1. The standard InChI is InChI=1S/C19H22ClFN6O2S/c1-11(2)22-18(28)19-23-16(10-30-19)27-15(7-8-26(3)20)24-25-17(27)13-6-5-12(21)9-14(13)29-4/h5-6,9-11H,7-8H2,1-4H3,(H,22,28). The van der Waals surface area contributed by atoms with Crippen LogP contribution in [0.2, 0.25) is 0 Å². The lowest BCUT2D eigenvalue weighted by molar-refractivity contribution is 0.0942. The summed E-state index contributed by atoms with van der Waals surface area (Å²) in [5.74, 6) is 1.17. The lowest BCUT2D eigenvalue weighted by Crippen LogP contribution is -2.30. The molecule has 0 unspecified atom stereocenters. The van der Waals surface area contributed by atoms with Crippen LogP contribution in [0.4, 0.5) is 4.39 Å². The van der Waals surface area contributed by atoms with Crippen LogP contribution in [0, 0.1) is 5.82 Å². The smallest absolute Gasteiger partial charge is 0.280 e. The highest BCUT2D eigenvalue weighted by atomic mass is 35.5. The fourth-order valence-electron chi connectivity index (χ4n) is 2.79. The Kier molecular flexibility index (Phi) is 7.01. The molecule has 160 valence electrons. The van der Waals surface area contributed by atoms with Gasteiger partial charge in [0.25, 0.3) is 5.91 Å². The van der Waals surface area contributed by atoms with Gasteiger partial charge in [0.05, 0.1) is 12.7 Å². The second-order valence-electron chi connectivity index (χ2n) is 6.84. The number of benzene rings is 1. The van der Waals surface area contributed by atoms with E-state index in [0.717, 1.165) is 0 Å². The molecule has 1 N–H and O–H groups in total. The zero-order valence-corrected chi connectivity index (χ0v) is 18.6. The molecule has 0 bridgehead atoms. The largest absolute Gasteiger partial charge is 0.496 e. The summed E-state index contributed by atoms with van der Waals surface area (Å²) in [6.45, 7) is 4.28. The molecule has 1 aromatic carbocycles. The number of halogens is 2. The van der Waals surface area contributed by atoms with Crippen molar-refractivity contribution in [3.63, 3.8) is 0 Å². The van der Waals surface area contributed by atoms with Crippen LogP contribution >= 0.6 is 23.1 Å². The normalized spacial score (nSPS) is 11.3. The van der Waals surface area contributed by atoms with E-state index in [-0.39, 0.29) is 11.9 Å². The molecular weight excluding hydrogens is 431 g/mol. The number of thiazole rings is 1. The van der Waals surface area contributed by atoms with E-state index < -0.39 is 5.82 Å². The molecule has 11 heteroatoms. The van der Waals surface area contributed by atoms with Gasteiger partial charge >= 0.3 is 0 Å². The van der Waals surface area contributed by atoms with Crippen molar-refractivity contribution in [3.05, 3.63) is 40.2 Å². The van der Waals surface area contributed by atoms with Gasteiger partial charge in [-0.25, -0.2) is 13.8 Å². The molecular formula is C19H22ClFN6O2S. The molecule has 30 heavy (non-hydrogen) atoms. The third-order valence-corrected chi connectivity index (χ3v) is 5.11. The number of carbonyl (C=O) groups is 1. The van der Waals surface area contributed by atoms with Gasteiger partial charge in [0.1, 0.15) is 17.4 Å². The van der Waals surface area contributed by atoms with Gasteiger partial charge in [-0.1, -0.05) is 0 Å². The van der Waals surface area contributed by atoms with Crippen LogP contribution in [0.3, 0.4) is 0 Å². The van der Waals surface area contributed by atoms with E-state index in [0.29, 0.717) is 46.8 Å². The third-order valence-electron chi connectivity index (χ3n) is 4.11. The molecule has 0 aliphatic carbocycles. The summed E-state index contributed by atoms with van der Waals surface area (Å²) in [6.07, 6.45) is 0.488. The summed E-state index contributed by atoms with van der Waals surface area (Å²) in [4.78, 5) is 16.8. The molecule has 0 saturated carbocycles. The monoisotopic (exact) mass is 452 g/mol. The Morgan fingerprint density at radius 1 is 1.40 bits per heavy atom. The second kappa shape index (κ2) is 9.50. The summed E-state index contributed by atoms with van der Waals surface area (Å²) in [7, 11) is 3.20. The molecule has 0 atom stereocenters. The van der Waals surface area contributed by atoms with Crippen LogP contribution in [-0.2, 0) is 6.42 Å². The van der Waals surface area contributed by atoms with Gasteiger partial charge in [0.2, 0.25) is 0 Å². The van der Waals surface area contributed by atoms with Crippen molar-refractivity contribution in [2.45, 2.75) is 26.3 Å². The van der Waals surface area contributed by atoms with E-state index in [1.807, 2.05) is 13.8 Å². The van der Waals surface area contributed by atoms with Crippen LogP contribution in [0.25, 0.3) is 17.2 Å². The number of likely N-dealkylation sites (N-methyl/N-ethyl adjacent to an activating group) is 1. The van der Waals surface area contributed by atoms with Crippen molar-refractivity contribution in [2.24, 2.45) is 0 Å². The first-order valence-corrected chi connectivity index (χ1v) is 10.4. The lowest BCUT2D eigenvalue weighted by atomic mass is 10.2. The Balaban J connectivity index is 2.09. The Morgan fingerprint density at radius 3 is 2.83 bits per heavy atom. The number of ether oxygens (including phenoxy) is 1. The fourth-order valence-corrected chi connectivity index (χ4v) is 3.57. The number of hydrogen-bond acceptors (Lipinski definition) is 7. The first-order valence-electron chi connectivity index (χ1n) is 9.22. The second-order valence-corrected chi connectivity index (χ2v) is 8.27. The van der Waals surface area contributed by atoms with Crippen LogP contribution in [0.5, 0.6) is 5.75 Å². The average molecular weight is 453 g/mol. The van der Waals surface area contributed by atoms with Crippen molar-refractivity contribution >= 4 is 29.0 Å². The van der Waals surface area contributed by atoms with E-state index in [4.69, 9.17) is 16.5 Å². The summed E-state index contributed by atoms with van der Waals surface area (Å²) >= 11 is 7.18. The number of nitrogens with zero attached hydrogens (tertiary/aromatic N) is 5. The van der Waals surface area contributed by atoms with Gasteiger partial charge in [0, 0.05) is 37.5 Å². The topological polar surface area (TPSA) is 85.2 Å². The van der Waals surface area contributed by atoms with Crippen LogP contribution in [0.1, 0.15) is 29.5 Å². The molecule has 0 aliphatic rings. The number of aromatic nitrogens is 4. The maximum atomic E-state index is 13.7. The van der Waals surface area contributed by atoms with Crippen LogP contribution < -0.4 is 10.1 Å². The Morgan fingerprint density at radius 2 is 2.17 bits per heavy atom. The lowest BCUT2D eigenvalue weighted by Gasteiger charge is -2.12. The van der Waals surface area contributed by atoms with Crippen LogP contribution in [-0.4, -0.2) is 56.8 Å². The molecule has 0 fully saturated rings. The molecule has 0 saturated heterocycles. The van der Waals surface area contributed by atoms with Crippen LogP contribution in [0.15, 0.2) is 23.6 Å². The van der Waals surface area contributed by atoms with Gasteiger partial charge in [0.15, 0.2) is 16.6 Å². The summed E-state index contributed by atoms with van der Waals surface area (Å²) < 4.78 is 22.3. The molecule has 8 nitrogen and oxygen atoms in total. The maximum absolute atomic E-state index is 13.7. The maximum Gasteiger partial charge on any atom is 0.280 e. The molecule has 2 heterocycles. The third kappa shape index (κ3) is 4.94. The van der Waals surface area contributed by atoms with E-state index >= 15 is 0 Å². The minimum atomic E-state index is -0.424. The molecule has 3 rings (SSSR count). The van der Waals surface area contributed by atoms with Gasteiger partial charge in [-0.15, -0.1) is 21.5 Å². The number of rotatable bonds is 8. The fraction of sp³-hybridized carbons (Fsp3) is 0.368. The highest BCUT2D eigenvalue weighted by Gasteiger charge is 2.22. The first-order chi connectivity index (χ1) is 14.3. The van der Waals surface area contributed by atoms with E-state index in [2.05, 4.69) is 20.5 Å². The molecule has 1 amide bonds. The molecule has 0 spiro atoms. The van der Waals surface area contributed by atoms with Crippen molar-refractivity contribution < 1.29 is 13.9 Å². The first kappa shape index (κ1) is 22.1. The Bertz CT molecular complexity index is 1040. The van der Waals surface area contributed by atoms with Crippen molar-refractivity contribution in [2.75, 3.05) is 20.7 Å². The van der Waals surface area contributed by atoms with E-state index in [1.165, 1.54) is 35.0 Å². The Hall–Kier alpha value is -2.56. The highest BCUT2D eigenvalue weighted by Crippen LogP contribution is 2.32. The summed E-state index contributed by atoms with van der Waals surface area (Å²) in [6, 6.07) is 4.17. The highest BCUT2D eigenvalue weighted by molar-refractivity contribution is 7.11. The molecule has 2 aromatic heterocycles. The predicted molar refractivity (Wildman–Crippen MR) is 114 cm³/mol. The van der Waals surface area contributed by atoms with Gasteiger partial charge in [-0.3, -0.25) is 9.36 Å². The van der Waals surface area contributed by atoms with Gasteiger partial charge < -0.3 is 10.1 Å². The quantitative estimate of drug-likeness (QED) is 0.528. The number of carbonyl (C=O) groups excluding carboxylic acids is 1. The minimum Gasteiger partial charge on any atom is -0.496 e. The van der Waals surface area contributed by atoms with Crippen molar-refractivity contribution in [3.8, 4) is 23.0 Å². The van der Waals surface area contributed by atoms with E-state index in [1.54, 1.807) is 23.1 Å². The van der Waals surface area contributed by atoms with Crippen molar-refractivity contribution in [1.29, 1.82) is 0 Å². The molecule has 0 radical (unpaired) electrons. The average Bonchev–Trinajstić information content (AvgIpc) is 3.32. The molecule has 3 aromatic rings. The minimum absolute atomic E-state index is 0.00591. The number of nitrogens with one attached hydrogen (secondary N) is 1. The SMILES string of the molecule is COc1cc(F)ccc1-c1nnc(CCN(C)Cl)n1-c1csc(C(=O)NC(C)C)n1. The summed E-state index contributed by atoms with van der Waals surface area (Å²) in [5, 5.41) is 13.5. The number of hydrogen-bond donors (Lipinski definition) is 1. The van der Waals surface area contributed by atoms with Crippen molar-refractivity contribution in [1.82, 2.24) is 29.5 Å². The zero-order chi connectivity index (χ0) is 21.8. The van der Waals surface area contributed by atoms with E-state index in [9.17, 15) is 9.18 Å². The van der Waals surface area contributed by atoms with Gasteiger partial charge in [-0.2, -0.15) is 0 Å². The van der Waals surface area contributed by atoms with Gasteiger partial charge in [-0.05, 0) is 37.8 Å². The molecule has 0 aliphatic heterocycles. The summed E-state index contributed by atoms with van der Waals surface area (Å²) in [5.41, 5.74) is 0.554. The predicted octanol–water partition coefficient (Wildman–Crippen LogP) is 3.30. The zero-order valence-electron chi connectivity index (χ0n) is 17.0.